The highest BCUT2D eigenvalue weighted by Gasteiger charge is 1.96. The number of hydrogen-bond acceptors (Lipinski definition) is 3. The van der Waals surface area contributed by atoms with Crippen LogP contribution in [0.4, 0.5) is 5.69 Å². The van der Waals surface area contributed by atoms with Gasteiger partial charge in [0.1, 0.15) is 0 Å². The number of H-pyrrole nitrogens is 1. The van der Waals surface area contributed by atoms with Crippen LogP contribution in [-0.4, -0.2) is 9.97 Å². The minimum atomic E-state index is 0.485. The zero-order chi connectivity index (χ0) is 9.97. The Morgan fingerprint density at radius 1 is 1.14 bits per heavy atom. The lowest BCUT2D eigenvalue weighted by Gasteiger charge is -2.01. The monoisotopic (exact) mass is 203 g/mol. The number of aromatic nitrogens is 2. The van der Waals surface area contributed by atoms with Gasteiger partial charge in [-0.3, -0.25) is 0 Å². The molecule has 0 unspecified atom stereocenters. The third-order valence-corrected chi connectivity index (χ3v) is 2.10. The van der Waals surface area contributed by atoms with E-state index in [-0.39, 0.29) is 0 Å². The number of rotatable bonds is 1. The number of anilines is 1. The maximum atomic E-state index is 5.59. The second kappa shape index (κ2) is 3.59. The molecule has 14 heavy (non-hydrogen) atoms. The van der Waals surface area contributed by atoms with Crippen LogP contribution in [0.2, 0.25) is 0 Å². The Bertz CT molecular complexity index is 487. The van der Waals surface area contributed by atoms with Gasteiger partial charge in [-0.25, -0.2) is 4.98 Å². The van der Waals surface area contributed by atoms with Crippen LogP contribution < -0.4 is 5.73 Å². The average molecular weight is 203 g/mol. The van der Waals surface area contributed by atoms with Crippen LogP contribution in [0.5, 0.6) is 0 Å². The van der Waals surface area contributed by atoms with E-state index in [1.165, 1.54) is 0 Å². The molecule has 0 aliphatic rings. The molecule has 4 heteroatoms. The summed E-state index contributed by atoms with van der Waals surface area (Å²) in [7, 11) is 0. The van der Waals surface area contributed by atoms with Crippen LogP contribution in [0.15, 0.2) is 36.5 Å². The maximum Gasteiger partial charge on any atom is 0.197 e. The van der Waals surface area contributed by atoms with Gasteiger partial charge in [-0.15, -0.1) is 0 Å². The topological polar surface area (TPSA) is 54.7 Å². The lowest BCUT2D eigenvalue weighted by Crippen LogP contribution is -1.87. The largest absolute Gasteiger partial charge is 0.399 e. The van der Waals surface area contributed by atoms with Crippen molar-refractivity contribution in [3.05, 3.63) is 41.3 Å². The minimum absolute atomic E-state index is 0.485. The quantitative estimate of drug-likeness (QED) is 0.552. The Kier molecular flexibility index (Phi) is 2.28. The molecule has 0 saturated carbocycles. The van der Waals surface area contributed by atoms with Crippen LogP contribution in [0.3, 0.4) is 0 Å². The highest BCUT2D eigenvalue weighted by atomic mass is 32.1. The second-order valence-corrected chi connectivity index (χ2v) is 3.30. The SMILES string of the molecule is Nc1ccc(-c2ccnc(=S)[nH]2)cc1. The lowest BCUT2D eigenvalue weighted by molar-refractivity contribution is 1.14. The van der Waals surface area contributed by atoms with Crippen LogP contribution in [0.25, 0.3) is 11.3 Å². The molecule has 1 aromatic heterocycles. The van der Waals surface area contributed by atoms with Crippen LogP contribution in [0.1, 0.15) is 0 Å². The van der Waals surface area contributed by atoms with E-state index in [9.17, 15) is 0 Å². The number of nitrogens with zero attached hydrogens (tertiary/aromatic N) is 1. The summed E-state index contributed by atoms with van der Waals surface area (Å²) < 4.78 is 0.485. The second-order valence-electron chi connectivity index (χ2n) is 2.91. The fraction of sp³-hybridized carbons (Fsp3) is 0. The molecule has 0 fully saturated rings. The van der Waals surface area contributed by atoms with Crippen LogP contribution in [0, 0.1) is 4.77 Å². The van der Waals surface area contributed by atoms with Crippen LogP contribution >= 0.6 is 12.2 Å². The Morgan fingerprint density at radius 2 is 1.86 bits per heavy atom. The van der Waals surface area contributed by atoms with Gasteiger partial charge in [-0.1, -0.05) is 12.1 Å². The third kappa shape index (κ3) is 1.80. The molecule has 0 saturated heterocycles. The summed E-state index contributed by atoms with van der Waals surface area (Å²) in [6.07, 6.45) is 1.69. The van der Waals surface area contributed by atoms with Crippen molar-refractivity contribution in [2.24, 2.45) is 0 Å². The first-order valence-corrected chi connectivity index (χ1v) is 4.58. The molecule has 0 amide bonds. The van der Waals surface area contributed by atoms with Gasteiger partial charge in [0.15, 0.2) is 4.77 Å². The smallest absolute Gasteiger partial charge is 0.197 e. The van der Waals surface area contributed by atoms with Crippen molar-refractivity contribution in [3.63, 3.8) is 0 Å². The van der Waals surface area contributed by atoms with E-state index in [2.05, 4.69) is 9.97 Å². The number of aromatic amines is 1. The summed E-state index contributed by atoms with van der Waals surface area (Å²) in [4.78, 5) is 6.92. The molecule has 70 valence electrons. The summed E-state index contributed by atoms with van der Waals surface area (Å²) in [5.41, 5.74) is 8.34. The maximum absolute atomic E-state index is 5.59. The molecular weight excluding hydrogens is 194 g/mol. The number of nitrogens with two attached hydrogens (primary N) is 1. The summed E-state index contributed by atoms with van der Waals surface area (Å²) in [5, 5.41) is 0. The molecule has 2 aromatic rings. The molecule has 1 aromatic carbocycles. The molecule has 3 nitrogen and oxygen atoms in total. The van der Waals surface area contributed by atoms with Gasteiger partial charge >= 0.3 is 0 Å². The number of nitrogen functional groups attached to an aromatic ring is 1. The van der Waals surface area contributed by atoms with E-state index in [0.717, 1.165) is 16.9 Å². The van der Waals surface area contributed by atoms with Crippen molar-refractivity contribution >= 4 is 17.9 Å². The third-order valence-electron chi connectivity index (χ3n) is 1.90. The first-order chi connectivity index (χ1) is 6.75. The van der Waals surface area contributed by atoms with Crippen molar-refractivity contribution in [2.75, 3.05) is 5.73 Å². The van der Waals surface area contributed by atoms with Gasteiger partial charge in [0.2, 0.25) is 0 Å². The van der Waals surface area contributed by atoms with E-state index < -0.39 is 0 Å². The molecule has 0 bridgehead atoms. The highest BCUT2D eigenvalue weighted by molar-refractivity contribution is 7.71. The van der Waals surface area contributed by atoms with Gasteiger partial charge in [-0.05, 0) is 36.0 Å². The van der Waals surface area contributed by atoms with Crippen molar-refractivity contribution in [3.8, 4) is 11.3 Å². The van der Waals surface area contributed by atoms with E-state index in [1.54, 1.807) is 6.20 Å². The molecule has 1 heterocycles. The van der Waals surface area contributed by atoms with Crippen molar-refractivity contribution < 1.29 is 0 Å². The summed E-state index contributed by atoms with van der Waals surface area (Å²) >= 11 is 4.93. The summed E-state index contributed by atoms with van der Waals surface area (Å²) in [6, 6.07) is 9.46. The lowest BCUT2D eigenvalue weighted by atomic mass is 10.1. The first kappa shape index (κ1) is 8.90. The molecule has 0 atom stereocenters. The molecule has 0 aliphatic heterocycles. The van der Waals surface area contributed by atoms with Crippen molar-refractivity contribution in [2.45, 2.75) is 0 Å². The van der Waals surface area contributed by atoms with Gasteiger partial charge in [0.25, 0.3) is 0 Å². The van der Waals surface area contributed by atoms with Gasteiger partial charge in [0, 0.05) is 17.6 Å². The molecule has 3 N–H and O–H groups in total. The van der Waals surface area contributed by atoms with Gasteiger partial charge in [-0.2, -0.15) is 0 Å². The van der Waals surface area contributed by atoms with E-state index in [4.69, 9.17) is 18.0 Å². The highest BCUT2D eigenvalue weighted by Crippen LogP contribution is 2.16. The molecule has 0 radical (unpaired) electrons. The van der Waals surface area contributed by atoms with Crippen molar-refractivity contribution in [1.82, 2.24) is 9.97 Å². The van der Waals surface area contributed by atoms with E-state index >= 15 is 0 Å². The first-order valence-electron chi connectivity index (χ1n) is 4.17. The Morgan fingerprint density at radius 3 is 2.50 bits per heavy atom. The Hall–Kier alpha value is -1.68. The molecule has 0 aliphatic carbocycles. The normalized spacial score (nSPS) is 10.0. The predicted molar refractivity (Wildman–Crippen MR) is 59.3 cm³/mol. The Labute approximate surface area is 86.6 Å². The summed E-state index contributed by atoms with van der Waals surface area (Å²) in [5.74, 6) is 0. The average Bonchev–Trinajstić information content (AvgIpc) is 2.19. The summed E-state index contributed by atoms with van der Waals surface area (Å²) in [6.45, 7) is 0. The number of hydrogen-bond donors (Lipinski definition) is 2. The van der Waals surface area contributed by atoms with Gasteiger partial charge in [0.05, 0.1) is 0 Å². The minimum Gasteiger partial charge on any atom is -0.399 e. The molecular formula is C10H9N3S. The molecule has 0 spiro atoms. The van der Waals surface area contributed by atoms with Crippen LogP contribution in [-0.2, 0) is 0 Å². The molecule has 2 rings (SSSR count). The standard InChI is InChI=1S/C10H9N3S/c11-8-3-1-7(2-4-8)9-5-6-12-10(14)13-9/h1-6H,11H2,(H,12,13,14). The zero-order valence-corrected chi connectivity index (χ0v) is 8.21. The Balaban J connectivity index is 2.50. The van der Waals surface area contributed by atoms with E-state index in [1.807, 2.05) is 30.3 Å². The number of nitrogens with one attached hydrogen (secondary N) is 1. The fourth-order valence-corrected chi connectivity index (χ4v) is 1.37. The van der Waals surface area contributed by atoms with E-state index in [0.29, 0.717) is 4.77 Å². The zero-order valence-electron chi connectivity index (χ0n) is 7.40. The predicted octanol–water partition coefficient (Wildman–Crippen LogP) is 2.39. The fourth-order valence-electron chi connectivity index (χ4n) is 1.20. The number of benzene rings is 1. The van der Waals surface area contributed by atoms with Crippen molar-refractivity contribution in [1.29, 1.82) is 0 Å². The van der Waals surface area contributed by atoms with Gasteiger partial charge < -0.3 is 10.7 Å².